The average molecular weight is 383 g/mol. The van der Waals surface area contributed by atoms with Crippen molar-refractivity contribution in [1.29, 1.82) is 0 Å². The molecule has 28 heavy (non-hydrogen) atoms. The Kier molecular flexibility index (Phi) is 6.93. The van der Waals surface area contributed by atoms with Gasteiger partial charge in [0.05, 0.1) is 14.2 Å². The van der Waals surface area contributed by atoms with E-state index in [0.717, 1.165) is 56.2 Å². The first-order chi connectivity index (χ1) is 13.6. The maximum Gasteiger partial charge on any atom is 0.222 e. The number of hydrogen-bond acceptors (Lipinski definition) is 4. The summed E-state index contributed by atoms with van der Waals surface area (Å²) < 4.78 is 10.5. The van der Waals surface area contributed by atoms with E-state index in [4.69, 9.17) is 9.47 Å². The Balaban J connectivity index is 1.43. The van der Waals surface area contributed by atoms with Crippen molar-refractivity contribution in [3.8, 4) is 11.5 Å². The van der Waals surface area contributed by atoms with E-state index < -0.39 is 0 Å². The fourth-order valence-corrected chi connectivity index (χ4v) is 3.65. The molecule has 150 valence electrons. The molecule has 0 bridgehead atoms. The zero-order chi connectivity index (χ0) is 19.9. The quantitative estimate of drug-likeness (QED) is 0.737. The highest BCUT2D eigenvalue weighted by Gasteiger charge is 2.21. The van der Waals surface area contributed by atoms with Crippen molar-refractivity contribution in [3.63, 3.8) is 0 Å². The molecule has 0 atom stereocenters. The Labute approximate surface area is 167 Å². The third-order valence-electron chi connectivity index (χ3n) is 5.38. The lowest BCUT2D eigenvalue weighted by molar-refractivity contribution is -0.133. The number of rotatable bonds is 7. The summed E-state index contributed by atoms with van der Waals surface area (Å²) in [6, 6.07) is 14.3. The van der Waals surface area contributed by atoms with Crippen LogP contribution in [0.15, 0.2) is 42.5 Å². The standard InChI is InChI=1S/C23H30N2O3/c1-18-16-20(6-10-22(18)28-3)17-24-12-14-25(15-13-24)23(26)11-7-19-4-8-21(27-2)9-5-19/h4-6,8-10,16H,7,11-15,17H2,1-3H3. The second-order valence-corrected chi connectivity index (χ2v) is 7.31. The molecule has 1 fully saturated rings. The summed E-state index contributed by atoms with van der Waals surface area (Å²) in [5, 5.41) is 0. The van der Waals surface area contributed by atoms with Crippen molar-refractivity contribution in [2.75, 3.05) is 40.4 Å². The molecule has 5 heteroatoms. The van der Waals surface area contributed by atoms with Crippen LogP contribution in [0.3, 0.4) is 0 Å². The molecule has 1 amide bonds. The van der Waals surface area contributed by atoms with Crippen molar-refractivity contribution >= 4 is 5.91 Å². The van der Waals surface area contributed by atoms with Crippen LogP contribution >= 0.6 is 0 Å². The molecule has 0 N–H and O–H groups in total. The molecule has 0 radical (unpaired) electrons. The number of carbonyl (C=O) groups excluding carboxylic acids is 1. The van der Waals surface area contributed by atoms with E-state index in [-0.39, 0.29) is 5.91 Å². The van der Waals surface area contributed by atoms with Gasteiger partial charge >= 0.3 is 0 Å². The van der Waals surface area contributed by atoms with E-state index in [1.807, 2.05) is 35.2 Å². The first-order valence-electron chi connectivity index (χ1n) is 9.85. The van der Waals surface area contributed by atoms with Crippen LogP contribution in [-0.4, -0.2) is 56.1 Å². The van der Waals surface area contributed by atoms with Crippen LogP contribution in [0, 0.1) is 6.92 Å². The molecule has 3 rings (SSSR count). The van der Waals surface area contributed by atoms with E-state index in [1.165, 1.54) is 11.1 Å². The maximum atomic E-state index is 12.5. The topological polar surface area (TPSA) is 42.0 Å². The van der Waals surface area contributed by atoms with Gasteiger partial charge in [0.15, 0.2) is 0 Å². The van der Waals surface area contributed by atoms with Crippen molar-refractivity contribution in [2.45, 2.75) is 26.3 Å². The van der Waals surface area contributed by atoms with E-state index in [0.29, 0.717) is 6.42 Å². The summed E-state index contributed by atoms with van der Waals surface area (Å²) >= 11 is 0. The van der Waals surface area contributed by atoms with Crippen LogP contribution in [0.4, 0.5) is 0 Å². The number of ether oxygens (including phenoxy) is 2. The van der Waals surface area contributed by atoms with Gasteiger partial charge in [-0.2, -0.15) is 0 Å². The fourth-order valence-electron chi connectivity index (χ4n) is 3.65. The highest BCUT2D eigenvalue weighted by molar-refractivity contribution is 5.76. The second-order valence-electron chi connectivity index (χ2n) is 7.31. The van der Waals surface area contributed by atoms with Crippen LogP contribution in [0.25, 0.3) is 0 Å². The molecule has 1 heterocycles. The Morgan fingerprint density at radius 2 is 1.61 bits per heavy atom. The van der Waals surface area contributed by atoms with Gasteiger partial charge in [-0.25, -0.2) is 0 Å². The smallest absolute Gasteiger partial charge is 0.222 e. The van der Waals surface area contributed by atoms with Crippen molar-refractivity contribution in [2.24, 2.45) is 0 Å². The van der Waals surface area contributed by atoms with Gasteiger partial charge in [-0.05, 0) is 48.2 Å². The molecule has 1 saturated heterocycles. The summed E-state index contributed by atoms with van der Waals surface area (Å²) in [5.74, 6) is 2.02. The molecule has 0 aromatic heterocycles. The van der Waals surface area contributed by atoms with Crippen LogP contribution in [-0.2, 0) is 17.8 Å². The lowest BCUT2D eigenvalue weighted by Gasteiger charge is -2.35. The molecule has 1 aliphatic rings. The molecule has 2 aromatic carbocycles. The molecule has 2 aromatic rings. The molecule has 1 aliphatic heterocycles. The fraction of sp³-hybridized carbons (Fsp3) is 0.435. The van der Waals surface area contributed by atoms with E-state index >= 15 is 0 Å². The number of nitrogens with zero attached hydrogens (tertiary/aromatic N) is 2. The number of benzene rings is 2. The first kappa shape index (κ1) is 20.2. The number of methoxy groups -OCH3 is 2. The third-order valence-corrected chi connectivity index (χ3v) is 5.38. The molecular formula is C23H30N2O3. The highest BCUT2D eigenvalue weighted by Crippen LogP contribution is 2.20. The van der Waals surface area contributed by atoms with Gasteiger partial charge in [-0.1, -0.05) is 24.3 Å². The molecule has 5 nitrogen and oxygen atoms in total. The van der Waals surface area contributed by atoms with Crippen LogP contribution in [0.2, 0.25) is 0 Å². The lowest BCUT2D eigenvalue weighted by atomic mass is 10.1. The number of amides is 1. The number of hydrogen-bond donors (Lipinski definition) is 0. The minimum atomic E-state index is 0.246. The normalized spacial score (nSPS) is 14.8. The van der Waals surface area contributed by atoms with Crippen molar-refractivity contribution in [1.82, 2.24) is 9.80 Å². The summed E-state index contributed by atoms with van der Waals surface area (Å²) in [6.45, 7) is 6.42. The Hall–Kier alpha value is -2.53. The largest absolute Gasteiger partial charge is 0.497 e. The molecule has 0 unspecified atom stereocenters. The lowest BCUT2D eigenvalue weighted by Crippen LogP contribution is -2.48. The average Bonchev–Trinajstić information content (AvgIpc) is 2.73. The molecular weight excluding hydrogens is 352 g/mol. The minimum absolute atomic E-state index is 0.246. The number of piperazine rings is 1. The monoisotopic (exact) mass is 382 g/mol. The summed E-state index contributed by atoms with van der Waals surface area (Å²) in [5.41, 5.74) is 3.62. The molecule has 0 aliphatic carbocycles. The van der Waals surface area contributed by atoms with E-state index in [1.54, 1.807) is 14.2 Å². The summed E-state index contributed by atoms with van der Waals surface area (Å²) in [4.78, 5) is 17.0. The SMILES string of the molecule is COc1ccc(CCC(=O)N2CCN(Cc3ccc(OC)c(C)c3)CC2)cc1. The van der Waals surface area contributed by atoms with Crippen LogP contribution < -0.4 is 9.47 Å². The molecule has 0 spiro atoms. The van der Waals surface area contributed by atoms with Crippen molar-refractivity contribution < 1.29 is 14.3 Å². The second kappa shape index (κ2) is 9.60. The van der Waals surface area contributed by atoms with Gasteiger partial charge in [0.2, 0.25) is 5.91 Å². The zero-order valence-corrected chi connectivity index (χ0v) is 17.1. The Morgan fingerprint density at radius 1 is 0.929 bits per heavy atom. The summed E-state index contributed by atoms with van der Waals surface area (Å²) in [7, 11) is 3.36. The summed E-state index contributed by atoms with van der Waals surface area (Å²) in [6.07, 6.45) is 1.33. The van der Waals surface area contributed by atoms with Crippen LogP contribution in [0.5, 0.6) is 11.5 Å². The number of aryl methyl sites for hydroxylation is 2. The highest BCUT2D eigenvalue weighted by atomic mass is 16.5. The Morgan fingerprint density at radius 3 is 2.21 bits per heavy atom. The number of carbonyl (C=O) groups is 1. The van der Waals surface area contributed by atoms with E-state index in [9.17, 15) is 4.79 Å². The third kappa shape index (κ3) is 5.26. The first-order valence-corrected chi connectivity index (χ1v) is 9.85. The minimum Gasteiger partial charge on any atom is -0.497 e. The maximum absolute atomic E-state index is 12.5. The van der Waals surface area contributed by atoms with Crippen molar-refractivity contribution in [3.05, 3.63) is 59.2 Å². The van der Waals surface area contributed by atoms with Gasteiger partial charge in [0.1, 0.15) is 11.5 Å². The zero-order valence-electron chi connectivity index (χ0n) is 17.1. The van der Waals surface area contributed by atoms with Crippen LogP contribution in [0.1, 0.15) is 23.1 Å². The van der Waals surface area contributed by atoms with E-state index in [2.05, 4.69) is 24.0 Å². The van der Waals surface area contributed by atoms with Gasteiger partial charge in [-0.3, -0.25) is 9.69 Å². The molecule has 0 saturated carbocycles. The van der Waals surface area contributed by atoms with Gasteiger partial charge in [-0.15, -0.1) is 0 Å². The van der Waals surface area contributed by atoms with Gasteiger partial charge < -0.3 is 14.4 Å². The Bertz CT molecular complexity index is 781. The predicted molar refractivity (Wildman–Crippen MR) is 111 cm³/mol. The van der Waals surface area contributed by atoms with Gasteiger partial charge in [0.25, 0.3) is 0 Å². The predicted octanol–water partition coefficient (Wildman–Crippen LogP) is 3.29. The van der Waals surface area contributed by atoms with Gasteiger partial charge in [0, 0.05) is 39.1 Å².